The Hall–Kier alpha value is -3.22. The predicted molar refractivity (Wildman–Crippen MR) is 156 cm³/mol. The van der Waals surface area contributed by atoms with E-state index in [-0.39, 0.29) is 0 Å². The Kier molecular flexibility index (Phi) is 7.93. The molecule has 2 fully saturated rings. The van der Waals surface area contributed by atoms with Crippen molar-refractivity contribution in [1.29, 1.82) is 0 Å². The second-order valence-electron chi connectivity index (χ2n) is 11.3. The number of H-pyrrole nitrogens is 1. The Morgan fingerprint density at radius 3 is 2.74 bits per heavy atom. The highest BCUT2D eigenvalue weighted by molar-refractivity contribution is 5.84. The number of ether oxygens (including phenoxy) is 3. The van der Waals surface area contributed by atoms with Gasteiger partial charge in [-0.1, -0.05) is 30.3 Å². The minimum absolute atomic E-state index is 0.580. The van der Waals surface area contributed by atoms with Crippen molar-refractivity contribution in [2.24, 2.45) is 11.8 Å². The molecular formula is C33H41N3O3. The standard InChI is InChI=1S/C33H41N3O3/c1-37-32-13-10-27-21-36(22-30(27)33(32)38-2)20-25-14-16-35(19-25)15-6-9-26-18-34-31-12-11-28(17-29(26)31)39-23-24-7-4-3-5-8-24/h3-5,7-8,11-13,17-18,25,27,34H,6,9-10,14-16,19-23H2,1-2H3. The molecule has 2 aliphatic heterocycles. The Morgan fingerprint density at radius 2 is 1.90 bits per heavy atom. The van der Waals surface area contributed by atoms with Gasteiger partial charge in [-0.25, -0.2) is 0 Å². The number of nitrogens with zero attached hydrogens (tertiary/aromatic N) is 2. The molecule has 0 spiro atoms. The summed E-state index contributed by atoms with van der Waals surface area (Å²) >= 11 is 0. The first-order valence-electron chi connectivity index (χ1n) is 14.4. The molecule has 0 amide bonds. The fourth-order valence-electron chi connectivity index (χ4n) is 6.70. The monoisotopic (exact) mass is 527 g/mol. The molecule has 0 radical (unpaired) electrons. The van der Waals surface area contributed by atoms with Crippen LogP contribution in [0.1, 0.15) is 30.4 Å². The second kappa shape index (κ2) is 11.9. The van der Waals surface area contributed by atoms with E-state index in [9.17, 15) is 0 Å². The molecule has 3 heterocycles. The van der Waals surface area contributed by atoms with Crippen LogP contribution in [0.2, 0.25) is 0 Å². The third-order valence-corrected chi connectivity index (χ3v) is 8.69. The van der Waals surface area contributed by atoms with Crippen LogP contribution in [-0.4, -0.2) is 68.3 Å². The van der Waals surface area contributed by atoms with Gasteiger partial charge in [-0.05, 0) is 85.7 Å². The van der Waals surface area contributed by atoms with Crippen LogP contribution < -0.4 is 4.74 Å². The Labute approximate surface area is 232 Å². The van der Waals surface area contributed by atoms with Crippen molar-refractivity contribution in [3.05, 3.63) is 89.0 Å². The fourth-order valence-corrected chi connectivity index (χ4v) is 6.70. The van der Waals surface area contributed by atoms with Gasteiger partial charge in [0.2, 0.25) is 0 Å². The summed E-state index contributed by atoms with van der Waals surface area (Å²) in [6.45, 7) is 7.53. The number of hydrogen-bond donors (Lipinski definition) is 1. The van der Waals surface area contributed by atoms with E-state index in [0.717, 1.165) is 55.7 Å². The van der Waals surface area contributed by atoms with E-state index in [1.165, 1.54) is 60.1 Å². The van der Waals surface area contributed by atoms with E-state index in [2.05, 4.69) is 69.5 Å². The van der Waals surface area contributed by atoms with Gasteiger partial charge in [0.05, 0.1) is 14.2 Å². The van der Waals surface area contributed by atoms with Crippen molar-refractivity contribution in [3.8, 4) is 5.75 Å². The van der Waals surface area contributed by atoms with Crippen LogP contribution in [0.5, 0.6) is 5.75 Å². The fraction of sp³-hybridized carbons (Fsp3) is 0.455. The number of aryl methyl sites for hydroxylation is 1. The number of nitrogens with one attached hydrogen (secondary N) is 1. The number of hydrogen-bond acceptors (Lipinski definition) is 5. The van der Waals surface area contributed by atoms with Crippen LogP contribution in [0, 0.1) is 11.8 Å². The third kappa shape index (κ3) is 5.87. The zero-order valence-corrected chi connectivity index (χ0v) is 23.3. The smallest absolute Gasteiger partial charge is 0.161 e. The lowest BCUT2D eigenvalue weighted by Gasteiger charge is -2.21. The zero-order chi connectivity index (χ0) is 26.6. The molecule has 1 N–H and O–H groups in total. The van der Waals surface area contributed by atoms with Crippen LogP contribution in [0.4, 0.5) is 0 Å². The maximum Gasteiger partial charge on any atom is 0.161 e. The minimum Gasteiger partial charge on any atom is -0.493 e. The van der Waals surface area contributed by atoms with Crippen LogP contribution >= 0.6 is 0 Å². The molecule has 39 heavy (non-hydrogen) atoms. The summed E-state index contributed by atoms with van der Waals surface area (Å²) in [6.07, 6.45) is 9.00. The summed E-state index contributed by atoms with van der Waals surface area (Å²) in [7, 11) is 3.51. The lowest BCUT2D eigenvalue weighted by Crippen LogP contribution is -2.30. The number of aromatic amines is 1. The SMILES string of the molecule is COC1=CCC2CN(CC3CCN(CCCc4c[nH]c5ccc(OCc6ccccc6)cc45)C3)CC2=C1OC. The largest absolute Gasteiger partial charge is 0.493 e. The van der Waals surface area contributed by atoms with Gasteiger partial charge in [0.1, 0.15) is 12.4 Å². The molecule has 6 nitrogen and oxygen atoms in total. The van der Waals surface area contributed by atoms with Crippen LogP contribution in [0.15, 0.2) is 77.9 Å². The first-order chi connectivity index (χ1) is 19.2. The summed E-state index contributed by atoms with van der Waals surface area (Å²) in [6, 6.07) is 16.7. The van der Waals surface area contributed by atoms with E-state index in [1.807, 2.05) is 6.07 Å². The lowest BCUT2D eigenvalue weighted by molar-refractivity contribution is 0.209. The second-order valence-corrected chi connectivity index (χ2v) is 11.3. The molecular weight excluding hydrogens is 486 g/mol. The first kappa shape index (κ1) is 26.0. The zero-order valence-electron chi connectivity index (χ0n) is 23.3. The quantitative estimate of drug-likeness (QED) is 0.343. The number of fused-ring (bicyclic) bond motifs is 2. The van der Waals surface area contributed by atoms with Crippen molar-refractivity contribution >= 4 is 10.9 Å². The summed E-state index contributed by atoms with van der Waals surface area (Å²) in [5, 5.41) is 1.28. The number of benzene rings is 2. The molecule has 1 aromatic heterocycles. The van der Waals surface area contributed by atoms with E-state index in [1.54, 1.807) is 14.2 Å². The van der Waals surface area contributed by atoms with Crippen molar-refractivity contribution in [3.63, 3.8) is 0 Å². The molecule has 2 atom stereocenters. The molecule has 0 saturated carbocycles. The lowest BCUT2D eigenvalue weighted by atomic mass is 9.92. The topological polar surface area (TPSA) is 50.0 Å². The molecule has 2 unspecified atom stereocenters. The highest BCUT2D eigenvalue weighted by atomic mass is 16.5. The van der Waals surface area contributed by atoms with Gasteiger partial charge in [0.25, 0.3) is 0 Å². The van der Waals surface area contributed by atoms with Crippen LogP contribution in [-0.2, 0) is 22.5 Å². The molecule has 206 valence electrons. The number of likely N-dealkylation sites (tertiary alicyclic amines) is 2. The minimum atomic E-state index is 0.580. The van der Waals surface area contributed by atoms with Crippen molar-refractivity contribution in [2.75, 3.05) is 53.5 Å². The van der Waals surface area contributed by atoms with Gasteiger partial charge >= 0.3 is 0 Å². The van der Waals surface area contributed by atoms with Gasteiger partial charge in [-0.2, -0.15) is 0 Å². The maximum absolute atomic E-state index is 6.09. The van der Waals surface area contributed by atoms with Gasteiger partial charge in [-0.3, -0.25) is 4.90 Å². The molecule has 2 saturated heterocycles. The Balaban J connectivity index is 0.974. The third-order valence-electron chi connectivity index (χ3n) is 8.69. The Morgan fingerprint density at radius 1 is 1.00 bits per heavy atom. The van der Waals surface area contributed by atoms with Crippen LogP contribution in [0.25, 0.3) is 10.9 Å². The van der Waals surface area contributed by atoms with Gasteiger partial charge in [0, 0.05) is 49.2 Å². The van der Waals surface area contributed by atoms with E-state index >= 15 is 0 Å². The van der Waals surface area contributed by atoms with Crippen LogP contribution in [0.3, 0.4) is 0 Å². The molecule has 3 aliphatic rings. The summed E-state index contributed by atoms with van der Waals surface area (Å²) in [5.41, 5.74) is 5.19. The number of rotatable bonds is 11. The average Bonchev–Trinajstić information content (AvgIpc) is 3.70. The summed E-state index contributed by atoms with van der Waals surface area (Å²) in [4.78, 5) is 8.76. The summed E-state index contributed by atoms with van der Waals surface area (Å²) in [5.74, 6) is 4.14. The average molecular weight is 528 g/mol. The van der Waals surface area contributed by atoms with Crippen molar-refractivity contribution in [2.45, 2.75) is 32.3 Å². The Bertz CT molecular complexity index is 1330. The van der Waals surface area contributed by atoms with Gasteiger partial charge in [0.15, 0.2) is 11.5 Å². The number of aromatic nitrogens is 1. The highest BCUT2D eigenvalue weighted by Crippen LogP contribution is 2.37. The molecule has 0 bridgehead atoms. The summed E-state index contributed by atoms with van der Waals surface area (Å²) < 4.78 is 17.4. The molecule has 6 rings (SSSR count). The normalized spacial score (nSPS) is 21.8. The number of allylic oxidation sites excluding steroid dienone is 1. The molecule has 3 aromatic rings. The van der Waals surface area contributed by atoms with E-state index in [4.69, 9.17) is 14.2 Å². The van der Waals surface area contributed by atoms with Crippen molar-refractivity contribution < 1.29 is 14.2 Å². The molecule has 1 aliphatic carbocycles. The number of methoxy groups -OCH3 is 2. The van der Waals surface area contributed by atoms with Crippen molar-refractivity contribution in [1.82, 2.24) is 14.8 Å². The molecule has 6 heteroatoms. The van der Waals surface area contributed by atoms with Gasteiger partial charge in [-0.15, -0.1) is 0 Å². The van der Waals surface area contributed by atoms with Gasteiger partial charge < -0.3 is 24.1 Å². The van der Waals surface area contributed by atoms with E-state index in [0.29, 0.717) is 12.5 Å². The first-order valence-corrected chi connectivity index (χ1v) is 14.4. The molecule has 2 aromatic carbocycles. The van der Waals surface area contributed by atoms with E-state index < -0.39 is 0 Å². The predicted octanol–water partition coefficient (Wildman–Crippen LogP) is 5.77. The highest BCUT2D eigenvalue weighted by Gasteiger charge is 2.35. The maximum atomic E-state index is 6.09.